The molecule has 0 spiro atoms. The summed E-state index contributed by atoms with van der Waals surface area (Å²) in [5.74, 6) is 7.68. The van der Waals surface area contributed by atoms with E-state index >= 15 is 0 Å². The van der Waals surface area contributed by atoms with Gasteiger partial charge in [-0.2, -0.15) is 0 Å². The molecule has 0 heterocycles. The summed E-state index contributed by atoms with van der Waals surface area (Å²) in [5.41, 5.74) is 8.33. The van der Waals surface area contributed by atoms with Gasteiger partial charge in [0, 0.05) is 18.5 Å². The van der Waals surface area contributed by atoms with E-state index < -0.39 is 5.60 Å². The molecule has 174 valence electrons. The highest BCUT2D eigenvalue weighted by molar-refractivity contribution is 5.19. The van der Waals surface area contributed by atoms with Crippen LogP contribution < -0.4 is 11.6 Å². The van der Waals surface area contributed by atoms with E-state index in [1.54, 1.807) is 10.6 Å². The summed E-state index contributed by atoms with van der Waals surface area (Å²) < 4.78 is 0. The largest absolute Gasteiger partial charge is 0.401 e. The number of aliphatic hydroxyl groups is 2. The number of hydrogen-bond acceptors (Lipinski definition) is 5. The molecule has 6 N–H and O–H groups in total. The lowest BCUT2D eigenvalue weighted by molar-refractivity contribution is 0.0659. The number of aliphatic hydroxyl groups excluding tert-OH is 1. The minimum atomic E-state index is -0.534. The van der Waals surface area contributed by atoms with Crippen molar-refractivity contribution in [3.8, 4) is 0 Å². The lowest BCUT2D eigenvalue weighted by Gasteiger charge is -2.42. The van der Waals surface area contributed by atoms with Crippen LogP contribution >= 0.6 is 0 Å². The van der Waals surface area contributed by atoms with E-state index in [1.165, 1.54) is 44.9 Å². The second-order valence-corrected chi connectivity index (χ2v) is 10.6. The lowest BCUT2D eigenvalue weighted by Crippen LogP contribution is -2.34. The van der Waals surface area contributed by atoms with Gasteiger partial charge in [-0.05, 0) is 95.3 Å². The third-order valence-corrected chi connectivity index (χ3v) is 7.52. The summed E-state index contributed by atoms with van der Waals surface area (Å²) in [6.45, 7) is 7.27. The molecule has 0 aromatic heterocycles. The summed E-state index contributed by atoms with van der Waals surface area (Å²) in [7, 11) is 0. The Morgan fingerprint density at radius 1 is 1.23 bits per heavy atom. The number of fused-ring (bicyclic) bond motifs is 1. The Balaban J connectivity index is 1.88. The second kappa shape index (κ2) is 11.5. The number of rotatable bonds is 12. The van der Waals surface area contributed by atoms with Crippen LogP contribution in [-0.2, 0) is 0 Å². The van der Waals surface area contributed by atoms with Crippen LogP contribution in [0.5, 0.6) is 0 Å². The van der Waals surface area contributed by atoms with Crippen LogP contribution in [0.1, 0.15) is 97.8 Å². The van der Waals surface area contributed by atoms with Gasteiger partial charge in [-0.15, -0.1) is 0 Å². The molecule has 5 nitrogen and oxygen atoms in total. The van der Waals surface area contributed by atoms with Gasteiger partial charge in [-0.1, -0.05) is 31.4 Å². The molecule has 5 heteroatoms. The maximum atomic E-state index is 9.95. The van der Waals surface area contributed by atoms with Gasteiger partial charge in [0.05, 0.1) is 12.1 Å². The van der Waals surface area contributed by atoms with Crippen LogP contribution in [-0.4, -0.2) is 34.0 Å². The molecule has 0 saturated heterocycles. The minimum absolute atomic E-state index is 0.215. The smallest absolute Gasteiger partial charge is 0.0591 e. The van der Waals surface area contributed by atoms with Crippen molar-refractivity contribution in [3.05, 3.63) is 23.5 Å². The normalized spacial score (nSPS) is 28.7. The highest BCUT2D eigenvalue weighted by Crippen LogP contribution is 2.58. The van der Waals surface area contributed by atoms with Gasteiger partial charge in [-0.25, -0.2) is 5.84 Å². The molecule has 0 amide bonds. The number of allylic oxidation sites excluding steroid dienone is 2. The van der Waals surface area contributed by atoms with Crippen LogP contribution in [0.2, 0.25) is 0 Å². The van der Waals surface area contributed by atoms with Crippen LogP contribution in [0.3, 0.4) is 0 Å². The van der Waals surface area contributed by atoms with Crippen LogP contribution in [0.25, 0.3) is 0 Å². The van der Waals surface area contributed by atoms with Crippen LogP contribution in [0, 0.1) is 17.3 Å². The van der Waals surface area contributed by atoms with Crippen molar-refractivity contribution in [1.29, 1.82) is 0 Å². The van der Waals surface area contributed by atoms with E-state index in [4.69, 9.17) is 16.7 Å². The van der Waals surface area contributed by atoms with E-state index in [1.807, 2.05) is 20.0 Å². The van der Waals surface area contributed by atoms with Crippen molar-refractivity contribution in [2.75, 3.05) is 13.2 Å². The van der Waals surface area contributed by atoms with Gasteiger partial charge in [0.2, 0.25) is 0 Å². The highest BCUT2D eigenvalue weighted by atomic mass is 16.3. The zero-order valence-electron chi connectivity index (χ0n) is 19.7. The molecule has 2 aliphatic rings. The Morgan fingerprint density at radius 2 is 2.00 bits per heavy atom. The molecule has 2 rings (SSSR count). The van der Waals surface area contributed by atoms with E-state index in [9.17, 15) is 5.11 Å². The van der Waals surface area contributed by atoms with Crippen molar-refractivity contribution in [2.24, 2.45) is 28.8 Å². The Bertz CT molecular complexity index is 581. The SMILES string of the molecule is CC(C)(O)CCCCC1CCC2/C(=C/CN(N)/C=C(\N)CCCCO)CCCC12C. The summed E-state index contributed by atoms with van der Waals surface area (Å²) >= 11 is 0. The minimum Gasteiger partial charge on any atom is -0.401 e. The van der Waals surface area contributed by atoms with Gasteiger partial charge >= 0.3 is 0 Å². The highest BCUT2D eigenvalue weighted by Gasteiger charge is 2.48. The summed E-state index contributed by atoms with van der Waals surface area (Å²) in [6, 6.07) is 0. The van der Waals surface area contributed by atoms with Crippen molar-refractivity contribution in [3.63, 3.8) is 0 Å². The van der Waals surface area contributed by atoms with Gasteiger partial charge in [-0.3, -0.25) is 0 Å². The van der Waals surface area contributed by atoms with Gasteiger partial charge in [0.15, 0.2) is 0 Å². The summed E-state index contributed by atoms with van der Waals surface area (Å²) in [5, 5.41) is 20.5. The standard InChI is InChI=1S/C25H47N3O2/c1-24(2,30)15-6-4-10-21-12-13-23-20(9-8-16-25(21,23)3)14-17-28(27)19-22(26)11-5-7-18-29/h14,19,21,23,29-30H,4-13,15-18,26-27H2,1-3H3/b20-14+,22-19-. The molecular formula is C25H47N3O2. The molecule has 0 radical (unpaired) electrons. The number of hydrogen-bond donors (Lipinski definition) is 4. The predicted molar refractivity (Wildman–Crippen MR) is 125 cm³/mol. The fourth-order valence-electron chi connectivity index (χ4n) is 5.81. The molecule has 30 heavy (non-hydrogen) atoms. The summed E-state index contributed by atoms with van der Waals surface area (Å²) in [6.07, 6.45) is 17.7. The number of hydrazine groups is 1. The second-order valence-electron chi connectivity index (χ2n) is 10.6. The fraction of sp³-hybridized carbons (Fsp3) is 0.840. The van der Waals surface area contributed by atoms with Crippen LogP contribution in [0.4, 0.5) is 0 Å². The summed E-state index contributed by atoms with van der Waals surface area (Å²) in [4.78, 5) is 0. The Labute approximate surface area is 184 Å². The van der Waals surface area contributed by atoms with Crippen molar-refractivity contribution >= 4 is 0 Å². The molecule has 0 aromatic rings. The first-order valence-corrected chi connectivity index (χ1v) is 12.2. The Kier molecular flexibility index (Phi) is 9.70. The van der Waals surface area contributed by atoms with E-state index in [0.29, 0.717) is 17.9 Å². The van der Waals surface area contributed by atoms with E-state index in [0.717, 1.165) is 43.7 Å². The molecular weight excluding hydrogens is 374 g/mol. The zero-order chi connectivity index (χ0) is 22.2. The van der Waals surface area contributed by atoms with Crippen molar-refractivity contribution in [2.45, 2.75) is 103 Å². The molecule has 3 unspecified atom stereocenters. The van der Waals surface area contributed by atoms with Gasteiger partial charge in [0.25, 0.3) is 0 Å². The molecule has 0 aromatic carbocycles. The molecule has 2 aliphatic carbocycles. The number of nitrogens with zero attached hydrogens (tertiary/aromatic N) is 1. The Hall–Kier alpha value is -1.04. The zero-order valence-corrected chi connectivity index (χ0v) is 19.7. The first-order chi connectivity index (χ1) is 14.2. The lowest BCUT2D eigenvalue weighted by atomic mass is 9.62. The van der Waals surface area contributed by atoms with Gasteiger partial charge < -0.3 is 21.0 Å². The molecule has 3 atom stereocenters. The average Bonchev–Trinajstić information content (AvgIpc) is 2.99. The third-order valence-electron chi connectivity index (χ3n) is 7.52. The monoisotopic (exact) mass is 421 g/mol. The first kappa shape index (κ1) is 25.2. The maximum absolute atomic E-state index is 9.95. The molecule has 2 fully saturated rings. The third kappa shape index (κ3) is 7.58. The van der Waals surface area contributed by atoms with Crippen molar-refractivity contribution in [1.82, 2.24) is 5.01 Å². The van der Waals surface area contributed by atoms with Gasteiger partial charge in [0.1, 0.15) is 0 Å². The maximum Gasteiger partial charge on any atom is 0.0591 e. The Morgan fingerprint density at radius 3 is 2.70 bits per heavy atom. The average molecular weight is 422 g/mol. The number of unbranched alkanes of at least 4 members (excludes halogenated alkanes) is 2. The number of nitrogens with two attached hydrogens (primary N) is 2. The quantitative estimate of drug-likeness (QED) is 0.160. The molecule has 2 saturated carbocycles. The van der Waals surface area contributed by atoms with E-state index in [-0.39, 0.29) is 6.61 Å². The molecule has 0 aliphatic heterocycles. The fourth-order valence-corrected chi connectivity index (χ4v) is 5.81. The molecule has 0 bridgehead atoms. The predicted octanol–water partition coefficient (Wildman–Crippen LogP) is 4.60. The van der Waals surface area contributed by atoms with Crippen molar-refractivity contribution < 1.29 is 10.2 Å². The van der Waals surface area contributed by atoms with E-state index in [2.05, 4.69) is 13.0 Å². The first-order valence-electron chi connectivity index (χ1n) is 12.2. The topological polar surface area (TPSA) is 95.7 Å². The van der Waals surface area contributed by atoms with Crippen LogP contribution in [0.15, 0.2) is 23.5 Å².